The highest BCUT2D eigenvalue weighted by Crippen LogP contribution is 2.25. The Labute approximate surface area is 202 Å². The Bertz CT molecular complexity index is 1280. The van der Waals surface area contributed by atoms with E-state index in [4.69, 9.17) is 0 Å². The number of amides is 1. The molecule has 0 fully saturated rings. The van der Waals surface area contributed by atoms with Crippen LogP contribution in [0.4, 0.5) is 5.69 Å². The Hall–Kier alpha value is -3.45. The van der Waals surface area contributed by atoms with Crippen LogP contribution in [0, 0.1) is 20.8 Å². The smallest absolute Gasteiger partial charge is 0.264 e. The molecule has 0 spiro atoms. The maximum atomic E-state index is 13.4. The first kappa shape index (κ1) is 25.2. The lowest BCUT2D eigenvalue weighted by Gasteiger charge is -2.24. The Morgan fingerprint density at radius 2 is 1.59 bits per heavy atom. The number of hydrogen-bond donors (Lipinski definition) is 1. The molecule has 0 unspecified atom stereocenters. The van der Waals surface area contributed by atoms with Gasteiger partial charge in [0.05, 0.1) is 16.8 Å². The van der Waals surface area contributed by atoms with Crippen molar-refractivity contribution in [1.82, 2.24) is 5.43 Å². The number of carbonyl (C=O) groups excluding carboxylic acids is 1. The van der Waals surface area contributed by atoms with E-state index in [-0.39, 0.29) is 4.90 Å². The Morgan fingerprint density at radius 3 is 2.21 bits per heavy atom. The van der Waals surface area contributed by atoms with Crippen LogP contribution in [-0.2, 0) is 14.8 Å². The molecule has 0 aliphatic heterocycles. The molecule has 1 N–H and O–H groups in total. The number of hydrogen-bond acceptors (Lipinski definition) is 4. The molecule has 0 saturated heterocycles. The summed E-state index contributed by atoms with van der Waals surface area (Å²) in [7, 11) is -3.96. The average molecular weight is 478 g/mol. The lowest BCUT2D eigenvalue weighted by Crippen LogP contribution is -2.39. The van der Waals surface area contributed by atoms with Crippen molar-refractivity contribution in [1.29, 1.82) is 0 Å². The zero-order valence-electron chi connectivity index (χ0n) is 20.2. The molecule has 3 aromatic carbocycles. The van der Waals surface area contributed by atoms with Crippen molar-refractivity contribution in [2.24, 2.45) is 5.10 Å². The fourth-order valence-electron chi connectivity index (χ4n) is 3.52. The van der Waals surface area contributed by atoms with Crippen LogP contribution in [-0.4, -0.2) is 27.1 Å². The first-order valence-electron chi connectivity index (χ1n) is 11.2. The highest BCUT2D eigenvalue weighted by atomic mass is 32.2. The highest BCUT2D eigenvalue weighted by molar-refractivity contribution is 7.92. The van der Waals surface area contributed by atoms with E-state index in [0.717, 1.165) is 21.0 Å². The second-order valence-electron chi connectivity index (χ2n) is 8.59. The maximum Gasteiger partial charge on any atom is 0.264 e. The summed E-state index contributed by atoms with van der Waals surface area (Å²) >= 11 is 0. The summed E-state index contributed by atoms with van der Waals surface area (Å²) in [6.07, 6.45) is 1.58. The van der Waals surface area contributed by atoms with E-state index >= 15 is 0 Å². The molecule has 0 heterocycles. The molecular weight excluding hydrogens is 446 g/mol. The molecule has 6 nitrogen and oxygen atoms in total. The van der Waals surface area contributed by atoms with Gasteiger partial charge < -0.3 is 0 Å². The lowest BCUT2D eigenvalue weighted by atomic mass is 10.00. The van der Waals surface area contributed by atoms with Gasteiger partial charge in [0.1, 0.15) is 6.54 Å². The molecule has 0 saturated carbocycles. The quantitative estimate of drug-likeness (QED) is 0.363. The fraction of sp³-hybridized carbons (Fsp3) is 0.259. The second kappa shape index (κ2) is 10.7. The zero-order chi connectivity index (χ0) is 24.9. The SMILES string of the molecule is Cc1ccc(/C=N/NC(=O)CN(c2ccc(C(C)C)cc2)S(=O)(=O)c2ccccc2)c(C)c1C. The van der Waals surface area contributed by atoms with Crippen molar-refractivity contribution in [2.75, 3.05) is 10.8 Å². The molecule has 3 aromatic rings. The van der Waals surface area contributed by atoms with Crippen molar-refractivity contribution in [2.45, 2.75) is 45.4 Å². The first-order chi connectivity index (χ1) is 16.1. The van der Waals surface area contributed by atoms with Crippen LogP contribution in [0.2, 0.25) is 0 Å². The molecule has 0 aliphatic rings. The van der Waals surface area contributed by atoms with Gasteiger partial charge in [-0.25, -0.2) is 13.8 Å². The van der Waals surface area contributed by atoms with Gasteiger partial charge in [-0.1, -0.05) is 56.3 Å². The summed E-state index contributed by atoms with van der Waals surface area (Å²) in [5, 5.41) is 4.07. The van der Waals surface area contributed by atoms with Crippen LogP contribution in [0.5, 0.6) is 0 Å². The van der Waals surface area contributed by atoms with Gasteiger partial charge in [-0.05, 0) is 78.8 Å². The lowest BCUT2D eigenvalue weighted by molar-refractivity contribution is -0.119. The van der Waals surface area contributed by atoms with Gasteiger partial charge >= 0.3 is 0 Å². The van der Waals surface area contributed by atoms with Gasteiger partial charge in [-0.3, -0.25) is 9.10 Å². The van der Waals surface area contributed by atoms with Crippen LogP contribution in [0.1, 0.15) is 47.6 Å². The molecule has 3 rings (SSSR count). The summed E-state index contributed by atoms with van der Waals surface area (Å²) in [5.74, 6) is -0.232. The van der Waals surface area contributed by atoms with Gasteiger partial charge in [0.2, 0.25) is 0 Å². The van der Waals surface area contributed by atoms with Crippen LogP contribution in [0.15, 0.2) is 76.7 Å². The zero-order valence-corrected chi connectivity index (χ0v) is 21.1. The van der Waals surface area contributed by atoms with E-state index < -0.39 is 22.5 Å². The number of aryl methyl sites for hydroxylation is 1. The molecule has 0 atom stereocenters. The molecule has 0 aromatic heterocycles. The summed E-state index contributed by atoms with van der Waals surface area (Å²) in [6, 6.07) is 19.3. The summed E-state index contributed by atoms with van der Waals surface area (Å²) in [5.41, 5.74) is 8.29. The first-order valence-corrected chi connectivity index (χ1v) is 12.6. The van der Waals surface area contributed by atoms with E-state index in [1.54, 1.807) is 36.5 Å². The van der Waals surface area contributed by atoms with Gasteiger partial charge in [-0.15, -0.1) is 0 Å². The third kappa shape index (κ3) is 5.72. The van der Waals surface area contributed by atoms with Crippen LogP contribution >= 0.6 is 0 Å². The van der Waals surface area contributed by atoms with E-state index in [2.05, 4.69) is 24.4 Å². The van der Waals surface area contributed by atoms with E-state index in [9.17, 15) is 13.2 Å². The number of nitrogens with one attached hydrogen (secondary N) is 1. The van der Waals surface area contributed by atoms with Crippen molar-refractivity contribution in [3.63, 3.8) is 0 Å². The van der Waals surface area contributed by atoms with E-state index in [1.165, 1.54) is 23.3 Å². The van der Waals surface area contributed by atoms with Gasteiger partial charge in [0.15, 0.2) is 0 Å². The summed E-state index contributed by atoms with van der Waals surface area (Å²) in [4.78, 5) is 12.9. The minimum Gasteiger partial charge on any atom is -0.271 e. The predicted octanol–water partition coefficient (Wildman–Crippen LogP) is 5.08. The van der Waals surface area contributed by atoms with Crippen molar-refractivity contribution >= 4 is 27.8 Å². The molecule has 1 amide bonds. The van der Waals surface area contributed by atoms with E-state index in [1.807, 2.05) is 45.0 Å². The molecular formula is C27H31N3O3S. The predicted molar refractivity (Wildman–Crippen MR) is 138 cm³/mol. The average Bonchev–Trinajstić information content (AvgIpc) is 2.83. The molecule has 0 aliphatic carbocycles. The minimum absolute atomic E-state index is 0.116. The molecule has 178 valence electrons. The van der Waals surface area contributed by atoms with Crippen LogP contribution in [0.25, 0.3) is 0 Å². The van der Waals surface area contributed by atoms with Gasteiger partial charge in [0.25, 0.3) is 15.9 Å². The molecule has 34 heavy (non-hydrogen) atoms. The number of nitrogens with zero attached hydrogens (tertiary/aromatic N) is 2. The summed E-state index contributed by atoms with van der Waals surface area (Å²) < 4.78 is 27.9. The van der Waals surface area contributed by atoms with Crippen molar-refractivity contribution in [3.05, 3.63) is 94.5 Å². The van der Waals surface area contributed by atoms with Crippen molar-refractivity contribution < 1.29 is 13.2 Å². The minimum atomic E-state index is -3.96. The third-order valence-corrected chi connectivity index (χ3v) is 7.75. The number of carbonyl (C=O) groups is 1. The summed E-state index contributed by atoms with van der Waals surface area (Å²) in [6.45, 7) is 9.81. The highest BCUT2D eigenvalue weighted by Gasteiger charge is 2.27. The molecule has 0 bridgehead atoms. The number of hydrazone groups is 1. The Kier molecular flexibility index (Phi) is 7.89. The van der Waals surface area contributed by atoms with Gasteiger partial charge in [-0.2, -0.15) is 5.10 Å². The fourth-order valence-corrected chi connectivity index (χ4v) is 4.96. The Balaban J connectivity index is 1.85. The number of rotatable bonds is 8. The third-order valence-electron chi connectivity index (χ3n) is 5.96. The number of sulfonamides is 1. The molecule has 0 radical (unpaired) electrons. The monoisotopic (exact) mass is 477 g/mol. The van der Waals surface area contributed by atoms with Crippen LogP contribution in [0.3, 0.4) is 0 Å². The molecule has 7 heteroatoms. The van der Waals surface area contributed by atoms with Crippen LogP contribution < -0.4 is 9.73 Å². The second-order valence-corrected chi connectivity index (χ2v) is 10.4. The van der Waals surface area contributed by atoms with Crippen molar-refractivity contribution in [3.8, 4) is 0 Å². The van der Waals surface area contributed by atoms with Gasteiger partial charge in [0, 0.05) is 0 Å². The maximum absolute atomic E-state index is 13.4. The normalized spacial score (nSPS) is 11.7. The largest absolute Gasteiger partial charge is 0.271 e. The standard InChI is InChI=1S/C27H31N3O3S/c1-19(2)23-13-15-25(16-14-23)30(34(32,33)26-9-7-6-8-10-26)18-27(31)29-28-17-24-12-11-20(3)21(4)22(24)5/h6-17,19H,18H2,1-5H3,(H,29,31)/b28-17+. The number of benzene rings is 3. The van der Waals surface area contributed by atoms with E-state index in [0.29, 0.717) is 11.6 Å². The Morgan fingerprint density at radius 1 is 0.941 bits per heavy atom. The number of anilines is 1. The topological polar surface area (TPSA) is 78.8 Å².